The highest BCUT2D eigenvalue weighted by atomic mass is 16.2. The van der Waals surface area contributed by atoms with Gasteiger partial charge < -0.3 is 15.3 Å². The molecule has 0 spiro atoms. The molecule has 0 saturated carbocycles. The molecule has 0 aromatic heterocycles. The molecule has 0 aliphatic heterocycles. The van der Waals surface area contributed by atoms with Crippen LogP contribution in [-0.2, 0) is 0 Å². The van der Waals surface area contributed by atoms with E-state index in [1.54, 1.807) is 6.07 Å². The fraction of sp³-hybridized carbons (Fsp3) is 0.400. The van der Waals surface area contributed by atoms with Crippen LogP contribution in [0.3, 0.4) is 0 Å². The number of nitrogens with zero attached hydrogens (tertiary/aromatic N) is 1. The second kappa shape index (κ2) is 7.57. The summed E-state index contributed by atoms with van der Waals surface area (Å²) < 4.78 is 0. The SMILES string of the molecule is Cc1cc(C#CCO)cc(C(=O)NCCN(C)C)c1. The van der Waals surface area contributed by atoms with Gasteiger partial charge in [0.1, 0.15) is 6.61 Å². The minimum absolute atomic E-state index is 0.0994. The van der Waals surface area contributed by atoms with E-state index in [0.29, 0.717) is 12.1 Å². The van der Waals surface area contributed by atoms with Gasteiger partial charge in [-0.3, -0.25) is 4.79 Å². The third kappa shape index (κ3) is 5.56. The van der Waals surface area contributed by atoms with Gasteiger partial charge in [0.2, 0.25) is 0 Å². The van der Waals surface area contributed by atoms with Crippen LogP contribution in [-0.4, -0.2) is 49.7 Å². The summed E-state index contributed by atoms with van der Waals surface area (Å²) >= 11 is 0. The first-order valence-corrected chi connectivity index (χ1v) is 6.17. The molecular formula is C15H20N2O2. The first kappa shape index (κ1) is 15.2. The van der Waals surface area contributed by atoms with Gasteiger partial charge in [0, 0.05) is 24.2 Å². The van der Waals surface area contributed by atoms with E-state index in [2.05, 4.69) is 17.2 Å². The van der Waals surface area contributed by atoms with E-state index in [-0.39, 0.29) is 12.5 Å². The molecule has 102 valence electrons. The van der Waals surface area contributed by atoms with Crippen LogP contribution in [0.4, 0.5) is 0 Å². The Morgan fingerprint density at radius 2 is 2.11 bits per heavy atom. The molecular weight excluding hydrogens is 240 g/mol. The van der Waals surface area contributed by atoms with Crippen LogP contribution in [0.25, 0.3) is 0 Å². The number of carbonyl (C=O) groups is 1. The molecule has 0 unspecified atom stereocenters. The molecule has 0 saturated heterocycles. The summed E-state index contributed by atoms with van der Waals surface area (Å²) in [5.74, 6) is 5.30. The van der Waals surface area contributed by atoms with Crippen molar-refractivity contribution < 1.29 is 9.90 Å². The van der Waals surface area contributed by atoms with Crippen molar-refractivity contribution in [2.45, 2.75) is 6.92 Å². The molecule has 4 nitrogen and oxygen atoms in total. The van der Waals surface area contributed by atoms with Crippen LogP contribution in [0.1, 0.15) is 21.5 Å². The van der Waals surface area contributed by atoms with E-state index in [0.717, 1.165) is 17.7 Å². The maximum absolute atomic E-state index is 12.0. The highest BCUT2D eigenvalue weighted by Crippen LogP contribution is 2.09. The molecule has 4 heteroatoms. The molecule has 0 aliphatic rings. The van der Waals surface area contributed by atoms with Gasteiger partial charge in [0.05, 0.1) is 0 Å². The van der Waals surface area contributed by atoms with Crippen molar-refractivity contribution in [1.29, 1.82) is 0 Å². The molecule has 1 aromatic rings. The van der Waals surface area contributed by atoms with Gasteiger partial charge in [-0.1, -0.05) is 11.8 Å². The van der Waals surface area contributed by atoms with E-state index < -0.39 is 0 Å². The number of hydrogen-bond acceptors (Lipinski definition) is 3. The number of likely N-dealkylation sites (N-methyl/N-ethyl adjacent to an activating group) is 1. The Hall–Kier alpha value is -1.83. The molecule has 1 amide bonds. The molecule has 1 rings (SSSR count). The molecule has 2 N–H and O–H groups in total. The van der Waals surface area contributed by atoms with Gasteiger partial charge >= 0.3 is 0 Å². The third-order valence-electron chi connectivity index (χ3n) is 2.50. The van der Waals surface area contributed by atoms with Crippen molar-refractivity contribution in [3.8, 4) is 11.8 Å². The van der Waals surface area contributed by atoms with Crippen molar-refractivity contribution in [2.24, 2.45) is 0 Å². The number of aliphatic hydroxyl groups is 1. The zero-order chi connectivity index (χ0) is 14.3. The first-order valence-electron chi connectivity index (χ1n) is 6.17. The number of amides is 1. The molecule has 0 heterocycles. The predicted molar refractivity (Wildman–Crippen MR) is 76.0 cm³/mol. The molecule has 1 aromatic carbocycles. The number of aryl methyl sites for hydroxylation is 1. The molecule has 0 bridgehead atoms. The Morgan fingerprint density at radius 3 is 2.74 bits per heavy atom. The van der Waals surface area contributed by atoms with Crippen LogP contribution < -0.4 is 5.32 Å². The van der Waals surface area contributed by atoms with Gasteiger partial charge in [-0.2, -0.15) is 0 Å². The van der Waals surface area contributed by atoms with Crippen molar-refractivity contribution in [2.75, 3.05) is 33.8 Å². The average Bonchev–Trinajstić information content (AvgIpc) is 2.35. The van der Waals surface area contributed by atoms with E-state index in [1.807, 2.05) is 38.1 Å². The highest BCUT2D eigenvalue weighted by Gasteiger charge is 2.06. The van der Waals surface area contributed by atoms with Crippen molar-refractivity contribution in [3.63, 3.8) is 0 Å². The Balaban J connectivity index is 2.76. The van der Waals surface area contributed by atoms with Crippen molar-refractivity contribution in [3.05, 3.63) is 34.9 Å². The summed E-state index contributed by atoms with van der Waals surface area (Å²) in [6, 6.07) is 5.45. The molecule has 0 radical (unpaired) electrons. The Labute approximate surface area is 114 Å². The lowest BCUT2D eigenvalue weighted by molar-refractivity contribution is 0.0951. The predicted octanol–water partition coefficient (Wildman–Crippen LogP) is 0.630. The van der Waals surface area contributed by atoms with Gasteiger partial charge in [-0.05, 0) is 44.8 Å². The summed E-state index contributed by atoms with van der Waals surface area (Å²) in [5, 5.41) is 11.5. The topological polar surface area (TPSA) is 52.6 Å². The number of benzene rings is 1. The number of carbonyl (C=O) groups excluding carboxylic acids is 1. The van der Waals surface area contributed by atoms with E-state index >= 15 is 0 Å². The number of hydrogen-bond donors (Lipinski definition) is 2. The average molecular weight is 260 g/mol. The monoisotopic (exact) mass is 260 g/mol. The Morgan fingerprint density at radius 1 is 1.37 bits per heavy atom. The fourth-order valence-corrected chi connectivity index (χ4v) is 1.62. The first-order chi connectivity index (χ1) is 9.02. The second-order valence-corrected chi connectivity index (χ2v) is 4.61. The van der Waals surface area contributed by atoms with Crippen LogP contribution in [0, 0.1) is 18.8 Å². The minimum atomic E-state index is -0.182. The summed E-state index contributed by atoms with van der Waals surface area (Å²) in [7, 11) is 3.92. The molecule has 19 heavy (non-hydrogen) atoms. The maximum atomic E-state index is 12.0. The van der Waals surface area contributed by atoms with Gasteiger partial charge in [-0.15, -0.1) is 0 Å². The second-order valence-electron chi connectivity index (χ2n) is 4.61. The van der Waals surface area contributed by atoms with Crippen molar-refractivity contribution >= 4 is 5.91 Å². The molecule has 0 fully saturated rings. The standard InChI is InChI=1S/C15H20N2O2/c1-12-9-13(5-4-8-18)11-14(10-12)15(19)16-6-7-17(2)3/h9-11,18H,6-8H2,1-3H3,(H,16,19). The quantitative estimate of drug-likeness (QED) is 0.781. The van der Waals surface area contributed by atoms with Crippen LogP contribution in [0.15, 0.2) is 18.2 Å². The van der Waals surface area contributed by atoms with Crippen molar-refractivity contribution in [1.82, 2.24) is 10.2 Å². The Bertz CT molecular complexity index is 499. The zero-order valence-electron chi connectivity index (χ0n) is 11.7. The van der Waals surface area contributed by atoms with Gasteiger partial charge in [0.25, 0.3) is 5.91 Å². The lowest BCUT2D eigenvalue weighted by Gasteiger charge is -2.11. The largest absolute Gasteiger partial charge is 0.384 e. The highest BCUT2D eigenvalue weighted by molar-refractivity contribution is 5.94. The van der Waals surface area contributed by atoms with E-state index in [9.17, 15) is 4.79 Å². The molecule has 0 atom stereocenters. The summed E-state index contributed by atoms with van der Waals surface area (Å²) in [6.07, 6.45) is 0. The molecule has 0 aliphatic carbocycles. The number of nitrogens with one attached hydrogen (secondary N) is 1. The van der Waals surface area contributed by atoms with Gasteiger partial charge in [-0.25, -0.2) is 0 Å². The smallest absolute Gasteiger partial charge is 0.251 e. The van der Waals surface area contributed by atoms with Gasteiger partial charge in [0.15, 0.2) is 0 Å². The fourth-order valence-electron chi connectivity index (χ4n) is 1.62. The maximum Gasteiger partial charge on any atom is 0.251 e. The van der Waals surface area contributed by atoms with E-state index in [1.165, 1.54) is 0 Å². The van der Waals surface area contributed by atoms with Crippen LogP contribution >= 0.6 is 0 Å². The summed E-state index contributed by atoms with van der Waals surface area (Å²) in [6.45, 7) is 3.14. The zero-order valence-corrected chi connectivity index (χ0v) is 11.7. The number of aliphatic hydroxyl groups excluding tert-OH is 1. The third-order valence-corrected chi connectivity index (χ3v) is 2.50. The Kier molecular flexibility index (Phi) is 6.07. The lowest BCUT2D eigenvalue weighted by atomic mass is 10.1. The lowest BCUT2D eigenvalue weighted by Crippen LogP contribution is -2.31. The summed E-state index contributed by atoms with van der Waals surface area (Å²) in [5.41, 5.74) is 2.32. The van der Waals surface area contributed by atoms with E-state index in [4.69, 9.17) is 5.11 Å². The minimum Gasteiger partial charge on any atom is -0.384 e. The summed E-state index contributed by atoms with van der Waals surface area (Å²) in [4.78, 5) is 14.0. The normalized spacial score (nSPS) is 9.95. The van der Waals surface area contributed by atoms with Crippen LogP contribution in [0.5, 0.6) is 0 Å². The van der Waals surface area contributed by atoms with Crippen LogP contribution in [0.2, 0.25) is 0 Å². The number of rotatable bonds is 4.